The maximum Gasteiger partial charge on any atom is 0.362 e. The van der Waals surface area contributed by atoms with Crippen LogP contribution in [-0.4, -0.2) is 41.6 Å². The van der Waals surface area contributed by atoms with Crippen molar-refractivity contribution >= 4 is 11.8 Å². The Kier molecular flexibility index (Phi) is 4.72. The van der Waals surface area contributed by atoms with Gasteiger partial charge in [0.05, 0.1) is 6.54 Å². The lowest BCUT2D eigenvalue weighted by atomic mass is 10.2. The SMILES string of the molecule is O=C(O)c1nonc1NCn1nnnc1CNCc1ccccc1. The summed E-state index contributed by atoms with van der Waals surface area (Å²) in [6.07, 6.45) is 0. The van der Waals surface area contributed by atoms with Gasteiger partial charge in [-0.2, -0.15) is 0 Å². The number of rotatable bonds is 8. The Labute approximate surface area is 135 Å². The van der Waals surface area contributed by atoms with Gasteiger partial charge in [0.1, 0.15) is 6.67 Å². The van der Waals surface area contributed by atoms with Crippen molar-refractivity contribution in [3.05, 3.63) is 47.4 Å². The van der Waals surface area contributed by atoms with Crippen molar-refractivity contribution in [1.29, 1.82) is 0 Å². The van der Waals surface area contributed by atoms with Crippen molar-refractivity contribution in [1.82, 2.24) is 35.8 Å². The van der Waals surface area contributed by atoms with Crippen molar-refractivity contribution < 1.29 is 14.5 Å². The molecule has 0 fully saturated rings. The van der Waals surface area contributed by atoms with Crippen LogP contribution in [0.15, 0.2) is 35.0 Å². The van der Waals surface area contributed by atoms with Gasteiger partial charge in [-0.25, -0.2) is 14.1 Å². The standard InChI is InChI=1S/C13H14N8O3/c22-13(23)11-12(18-24-17-11)15-8-21-10(16-19-20-21)7-14-6-9-4-2-1-3-5-9/h1-5,14H,6-8H2,(H,15,18)(H,22,23). The summed E-state index contributed by atoms with van der Waals surface area (Å²) in [7, 11) is 0. The van der Waals surface area contributed by atoms with Gasteiger partial charge in [0.2, 0.25) is 11.5 Å². The summed E-state index contributed by atoms with van der Waals surface area (Å²) in [6.45, 7) is 1.26. The highest BCUT2D eigenvalue weighted by molar-refractivity contribution is 5.90. The Bertz CT molecular complexity index is 800. The predicted molar refractivity (Wildman–Crippen MR) is 79.7 cm³/mol. The lowest BCUT2D eigenvalue weighted by Crippen LogP contribution is -2.20. The fourth-order valence-corrected chi connectivity index (χ4v) is 1.98. The molecule has 0 aliphatic heterocycles. The average Bonchev–Trinajstić information content (AvgIpc) is 3.23. The first kappa shape index (κ1) is 15.6. The van der Waals surface area contributed by atoms with E-state index in [9.17, 15) is 4.79 Å². The molecule has 3 aromatic rings. The number of carboxylic acid groups (broad SMARTS) is 1. The minimum Gasteiger partial charge on any atom is -0.476 e. The molecule has 11 nitrogen and oxygen atoms in total. The number of hydrogen-bond acceptors (Lipinski definition) is 9. The van der Waals surface area contributed by atoms with E-state index in [1.807, 2.05) is 30.3 Å². The highest BCUT2D eigenvalue weighted by atomic mass is 16.6. The number of carbonyl (C=O) groups is 1. The first-order chi connectivity index (χ1) is 11.7. The molecule has 0 unspecified atom stereocenters. The molecule has 0 saturated heterocycles. The third kappa shape index (κ3) is 3.70. The van der Waals surface area contributed by atoms with Crippen LogP contribution in [0.5, 0.6) is 0 Å². The Balaban J connectivity index is 1.55. The number of anilines is 1. The van der Waals surface area contributed by atoms with Gasteiger partial charge >= 0.3 is 5.97 Å². The molecule has 3 rings (SSSR count). The zero-order valence-electron chi connectivity index (χ0n) is 12.5. The van der Waals surface area contributed by atoms with Crippen LogP contribution in [-0.2, 0) is 19.8 Å². The summed E-state index contributed by atoms with van der Waals surface area (Å²) in [4.78, 5) is 10.9. The Morgan fingerprint density at radius 2 is 2.04 bits per heavy atom. The molecule has 0 bridgehead atoms. The summed E-state index contributed by atoms with van der Waals surface area (Å²) >= 11 is 0. The second-order valence-corrected chi connectivity index (χ2v) is 4.79. The number of carboxylic acids is 1. The van der Waals surface area contributed by atoms with Gasteiger partial charge in [-0.3, -0.25) is 0 Å². The van der Waals surface area contributed by atoms with Crippen LogP contribution in [0, 0.1) is 0 Å². The normalized spacial score (nSPS) is 10.7. The second kappa shape index (κ2) is 7.28. The number of aromatic nitrogens is 6. The maximum atomic E-state index is 10.9. The Hall–Kier alpha value is -3.34. The van der Waals surface area contributed by atoms with Gasteiger partial charge in [0.15, 0.2) is 5.82 Å². The van der Waals surface area contributed by atoms with E-state index in [0.29, 0.717) is 18.9 Å². The van der Waals surface area contributed by atoms with Gasteiger partial charge in [0, 0.05) is 6.54 Å². The number of aromatic carboxylic acids is 1. The van der Waals surface area contributed by atoms with Crippen molar-refractivity contribution in [2.75, 3.05) is 5.32 Å². The zero-order chi connectivity index (χ0) is 16.8. The molecule has 1 aromatic carbocycles. The molecule has 24 heavy (non-hydrogen) atoms. The fraction of sp³-hybridized carbons (Fsp3) is 0.231. The summed E-state index contributed by atoms with van der Waals surface area (Å²) in [6, 6.07) is 9.93. The number of benzene rings is 1. The predicted octanol–water partition coefficient (Wildman–Crippen LogP) is 0.114. The molecule has 0 radical (unpaired) electrons. The van der Waals surface area contributed by atoms with Crippen LogP contribution in [0.1, 0.15) is 21.9 Å². The molecular weight excluding hydrogens is 316 g/mol. The van der Waals surface area contributed by atoms with E-state index in [-0.39, 0.29) is 18.2 Å². The second-order valence-electron chi connectivity index (χ2n) is 4.79. The largest absolute Gasteiger partial charge is 0.476 e. The molecule has 0 saturated carbocycles. The number of tetrazole rings is 1. The van der Waals surface area contributed by atoms with Gasteiger partial charge in [0.25, 0.3) is 0 Å². The molecule has 0 atom stereocenters. The number of nitrogens with one attached hydrogen (secondary N) is 2. The first-order valence-corrected chi connectivity index (χ1v) is 7.03. The van der Waals surface area contributed by atoms with Crippen LogP contribution in [0.3, 0.4) is 0 Å². The van der Waals surface area contributed by atoms with Crippen molar-refractivity contribution in [3.63, 3.8) is 0 Å². The van der Waals surface area contributed by atoms with Crippen LogP contribution in [0.25, 0.3) is 0 Å². The summed E-state index contributed by atoms with van der Waals surface area (Å²) in [5, 5.41) is 33.1. The van der Waals surface area contributed by atoms with E-state index < -0.39 is 5.97 Å². The fourth-order valence-electron chi connectivity index (χ4n) is 1.98. The van der Waals surface area contributed by atoms with Gasteiger partial charge in [-0.15, -0.1) is 5.10 Å². The maximum absolute atomic E-state index is 10.9. The molecule has 0 aliphatic rings. The number of hydrogen-bond donors (Lipinski definition) is 3. The minimum atomic E-state index is -1.24. The Morgan fingerprint density at radius 1 is 1.21 bits per heavy atom. The van der Waals surface area contributed by atoms with Gasteiger partial charge in [-0.05, 0) is 26.3 Å². The van der Waals surface area contributed by atoms with E-state index in [1.165, 1.54) is 4.68 Å². The smallest absolute Gasteiger partial charge is 0.362 e. The van der Waals surface area contributed by atoms with Crippen LogP contribution in [0.4, 0.5) is 5.82 Å². The molecule has 3 N–H and O–H groups in total. The molecule has 11 heteroatoms. The van der Waals surface area contributed by atoms with E-state index in [2.05, 4.69) is 41.1 Å². The molecule has 0 aliphatic carbocycles. The summed E-state index contributed by atoms with van der Waals surface area (Å²) < 4.78 is 5.89. The van der Waals surface area contributed by atoms with Crippen molar-refractivity contribution in [2.45, 2.75) is 19.8 Å². The van der Waals surface area contributed by atoms with E-state index in [4.69, 9.17) is 5.11 Å². The third-order valence-electron chi connectivity index (χ3n) is 3.15. The van der Waals surface area contributed by atoms with E-state index in [0.717, 1.165) is 5.56 Å². The van der Waals surface area contributed by atoms with E-state index >= 15 is 0 Å². The minimum absolute atomic E-state index is 0.0150. The topological polar surface area (TPSA) is 144 Å². The molecule has 2 heterocycles. The summed E-state index contributed by atoms with van der Waals surface area (Å²) in [5.41, 5.74) is 0.848. The molecular formula is C13H14N8O3. The molecule has 124 valence electrons. The van der Waals surface area contributed by atoms with Crippen molar-refractivity contribution in [3.8, 4) is 0 Å². The number of nitrogens with zero attached hydrogens (tertiary/aromatic N) is 6. The quantitative estimate of drug-likeness (QED) is 0.520. The molecule has 2 aromatic heterocycles. The van der Waals surface area contributed by atoms with Crippen LogP contribution in [0.2, 0.25) is 0 Å². The highest BCUT2D eigenvalue weighted by Crippen LogP contribution is 2.09. The van der Waals surface area contributed by atoms with Gasteiger partial charge < -0.3 is 15.7 Å². The van der Waals surface area contributed by atoms with Crippen molar-refractivity contribution in [2.24, 2.45) is 0 Å². The lowest BCUT2D eigenvalue weighted by molar-refractivity contribution is 0.0685. The first-order valence-electron chi connectivity index (χ1n) is 7.03. The van der Waals surface area contributed by atoms with E-state index in [1.54, 1.807) is 0 Å². The van der Waals surface area contributed by atoms with Crippen LogP contribution >= 0.6 is 0 Å². The lowest BCUT2D eigenvalue weighted by Gasteiger charge is -2.07. The highest BCUT2D eigenvalue weighted by Gasteiger charge is 2.17. The Morgan fingerprint density at radius 3 is 2.83 bits per heavy atom. The molecule has 0 amide bonds. The molecule has 0 spiro atoms. The third-order valence-corrected chi connectivity index (χ3v) is 3.15. The van der Waals surface area contributed by atoms with Crippen LogP contribution < -0.4 is 10.6 Å². The summed E-state index contributed by atoms with van der Waals surface area (Å²) in [5.74, 6) is -0.631. The van der Waals surface area contributed by atoms with Gasteiger partial charge in [-0.1, -0.05) is 30.3 Å². The monoisotopic (exact) mass is 330 g/mol. The average molecular weight is 330 g/mol. The zero-order valence-corrected chi connectivity index (χ0v) is 12.5.